The van der Waals surface area contributed by atoms with Gasteiger partial charge in [-0.2, -0.15) is 0 Å². The van der Waals surface area contributed by atoms with Gasteiger partial charge in [0.2, 0.25) is 0 Å². The number of aromatic nitrogens is 2. The van der Waals surface area contributed by atoms with Gasteiger partial charge < -0.3 is 9.88 Å². The second kappa shape index (κ2) is 5.31. The summed E-state index contributed by atoms with van der Waals surface area (Å²) in [4.78, 5) is 20.2. The molecule has 0 fully saturated rings. The highest BCUT2D eigenvalue weighted by Crippen LogP contribution is 2.16. The number of aromatic amines is 1. The van der Waals surface area contributed by atoms with Crippen LogP contribution in [-0.2, 0) is 6.54 Å². The molecule has 0 saturated heterocycles. The summed E-state index contributed by atoms with van der Waals surface area (Å²) in [5.74, 6) is 0.707. The number of rotatable bonds is 3. The maximum atomic E-state index is 11.5. The molecule has 0 radical (unpaired) electrons. The van der Waals surface area contributed by atoms with E-state index in [9.17, 15) is 4.79 Å². The molecule has 2 aromatic rings. The van der Waals surface area contributed by atoms with Gasteiger partial charge in [-0.1, -0.05) is 30.3 Å². The molecule has 17 heavy (non-hydrogen) atoms. The van der Waals surface area contributed by atoms with Crippen LogP contribution in [0.3, 0.4) is 0 Å². The van der Waals surface area contributed by atoms with Crippen molar-refractivity contribution in [2.75, 3.05) is 11.9 Å². The Morgan fingerprint density at radius 2 is 2.06 bits per heavy atom. The van der Waals surface area contributed by atoms with Crippen LogP contribution in [0.4, 0.5) is 5.82 Å². The van der Waals surface area contributed by atoms with Crippen LogP contribution >= 0.6 is 22.6 Å². The molecule has 1 aromatic carbocycles. The van der Waals surface area contributed by atoms with Gasteiger partial charge in [0.05, 0.1) is 6.33 Å². The largest absolute Gasteiger partial charge is 0.354 e. The zero-order valence-corrected chi connectivity index (χ0v) is 11.5. The summed E-state index contributed by atoms with van der Waals surface area (Å²) in [5, 5.41) is 0. The molecule has 0 spiro atoms. The Balaban J connectivity index is 2.23. The number of hydrogen-bond donors (Lipinski definition) is 1. The van der Waals surface area contributed by atoms with Crippen molar-refractivity contribution in [2.24, 2.45) is 0 Å². The lowest BCUT2D eigenvalue weighted by Crippen LogP contribution is -2.23. The van der Waals surface area contributed by atoms with Crippen molar-refractivity contribution in [1.82, 2.24) is 9.97 Å². The van der Waals surface area contributed by atoms with Crippen molar-refractivity contribution in [3.8, 4) is 0 Å². The van der Waals surface area contributed by atoms with Crippen molar-refractivity contribution >= 4 is 28.4 Å². The van der Waals surface area contributed by atoms with E-state index in [0.717, 1.165) is 6.54 Å². The van der Waals surface area contributed by atoms with E-state index in [4.69, 9.17) is 0 Å². The molecule has 0 aliphatic carbocycles. The van der Waals surface area contributed by atoms with Gasteiger partial charge in [-0.3, -0.25) is 4.79 Å². The number of hydrogen-bond acceptors (Lipinski definition) is 3. The average molecular weight is 341 g/mol. The Bertz CT molecular complexity index is 553. The third-order valence-corrected chi connectivity index (χ3v) is 3.37. The van der Waals surface area contributed by atoms with E-state index < -0.39 is 0 Å². The summed E-state index contributed by atoms with van der Waals surface area (Å²) in [6, 6.07) is 10.1. The lowest BCUT2D eigenvalue weighted by molar-refractivity contribution is 0.880. The van der Waals surface area contributed by atoms with Crippen LogP contribution in [0, 0.1) is 3.57 Å². The van der Waals surface area contributed by atoms with Crippen LogP contribution in [0.1, 0.15) is 5.56 Å². The standard InChI is InChI=1S/C12H12IN3O/c1-16(7-9-5-3-2-4-6-9)11-10(13)12(17)15-8-14-11/h2-6,8H,7H2,1H3,(H,14,15,17). The van der Waals surface area contributed by atoms with Gasteiger partial charge in [0.15, 0.2) is 0 Å². The topological polar surface area (TPSA) is 49.0 Å². The molecule has 0 bridgehead atoms. The monoisotopic (exact) mass is 341 g/mol. The highest BCUT2D eigenvalue weighted by molar-refractivity contribution is 14.1. The molecule has 1 N–H and O–H groups in total. The van der Waals surface area contributed by atoms with E-state index in [2.05, 4.69) is 22.1 Å². The lowest BCUT2D eigenvalue weighted by Gasteiger charge is -2.18. The quantitative estimate of drug-likeness (QED) is 0.869. The van der Waals surface area contributed by atoms with Crippen LogP contribution in [0.25, 0.3) is 0 Å². The highest BCUT2D eigenvalue weighted by Gasteiger charge is 2.10. The normalized spacial score (nSPS) is 10.2. The predicted molar refractivity (Wildman–Crippen MR) is 76.1 cm³/mol. The average Bonchev–Trinajstić information content (AvgIpc) is 2.34. The molecule has 4 nitrogen and oxygen atoms in total. The van der Waals surface area contributed by atoms with Crippen molar-refractivity contribution in [2.45, 2.75) is 6.54 Å². The molecule has 1 heterocycles. The molecule has 0 amide bonds. The Kier molecular flexibility index (Phi) is 3.78. The summed E-state index contributed by atoms with van der Waals surface area (Å²) >= 11 is 2.01. The fourth-order valence-electron chi connectivity index (χ4n) is 1.57. The van der Waals surface area contributed by atoms with E-state index in [-0.39, 0.29) is 5.56 Å². The van der Waals surface area contributed by atoms with E-state index in [1.54, 1.807) is 0 Å². The third kappa shape index (κ3) is 2.85. The fourth-order valence-corrected chi connectivity index (χ4v) is 2.28. The minimum absolute atomic E-state index is 0.101. The summed E-state index contributed by atoms with van der Waals surface area (Å²) in [6.45, 7) is 0.729. The van der Waals surface area contributed by atoms with Gasteiger partial charge in [0, 0.05) is 13.6 Å². The van der Waals surface area contributed by atoms with Crippen molar-refractivity contribution in [3.05, 3.63) is 56.1 Å². The first kappa shape index (κ1) is 12.1. The van der Waals surface area contributed by atoms with Gasteiger partial charge in [-0.25, -0.2) is 4.98 Å². The third-order valence-electron chi connectivity index (χ3n) is 2.40. The SMILES string of the molecule is CN(Cc1ccccc1)c1nc[nH]c(=O)c1I. The zero-order valence-electron chi connectivity index (χ0n) is 9.35. The summed E-state index contributed by atoms with van der Waals surface area (Å²) in [5.41, 5.74) is 1.09. The molecule has 2 rings (SSSR count). The Morgan fingerprint density at radius 3 is 2.76 bits per heavy atom. The summed E-state index contributed by atoms with van der Waals surface area (Å²) in [7, 11) is 1.93. The van der Waals surface area contributed by atoms with Gasteiger partial charge in [0.25, 0.3) is 5.56 Å². The van der Waals surface area contributed by atoms with Crippen molar-refractivity contribution in [1.29, 1.82) is 0 Å². The number of anilines is 1. The molecule has 5 heteroatoms. The van der Waals surface area contributed by atoms with Gasteiger partial charge in [0.1, 0.15) is 9.39 Å². The molecule has 0 aliphatic heterocycles. The number of benzene rings is 1. The van der Waals surface area contributed by atoms with Crippen LogP contribution in [0.5, 0.6) is 0 Å². The Hall–Kier alpha value is -1.37. The number of nitrogens with zero attached hydrogens (tertiary/aromatic N) is 2. The van der Waals surface area contributed by atoms with Crippen LogP contribution < -0.4 is 10.5 Å². The molecule has 88 valence electrons. The summed E-state index contributed by atoms with van der Waals surface area (Å²) < 4.78 is 0.614. The number of nitrogens with one attached hydrogen (secondary N) is 1. The maximum Gasteiger partial charge on any atom is 0.266 e. The van der Waals surface area contributed by atoms with Crippen LogP contribution in [0.15, 0.2) is 41.5 Å². The Labute approximate surface area is 113 Å². The fraction of sp³-hybridized carbons (Fsp3) is 0.167. The van der Waals surface area contributed by atoms with Gasteiger partial charge >= 0.3 is 0 Å². The van der Waals surface area contributed by atoms with Crippen LogP contribution in [0.2, 0.25) is 0 Å². The van der Waals surface area contributed by atoms with Gasteiger partial charge in [-0.05, 0) is 28.2 Å². The molecular formula is C12H12IN3O. The predicted octanol–water partition coefficient (Wildman–Crippen LogP) is 2.01. The van der Waals surface area contributed by atoms with E-state index in [1.165, 1.54) is 11.9 Å². The first-order valence-electron chi connectivity index (χ1n) is 5.16. The molecule has 1 aromatic heterocycles. The maximum absolute atomic E-state index is 11.5. The van der Waals surface area contributed by atoms with Gasteiger partial charge in [-0.15, -0.1) is 0 Å². The van der Waals surface area contributed by atoms with E-state index in [1.807, 2.05) is 52.7 Å². The van der Waals surface area contributed by atoms with Crippen molar-refractivity contribution in [3.63, 3.8) is 0 Å². The lowest BCUT2D eigenvalue weighted by atomic mass is 10.2. The minimum atomic E-state index is -0.101. The van der Waals surface area contributed by atoms with E-state index >= 15 is 0 Å². The highest BCUT2D eigenvalue weighted by atomic mass is 127. The molecule has 0 unspecified atom stereocenters. The number of H-pyrrole nitrogens is 1. The molecule has 0 atom stereocenters. The van der Waals surface area contributed by atoms with Crippen molar-refractivity contribution < 1.29 is 0 Å². The molecular weight excluding hydrogens is 329 g/mol. The van der Waals surface area contributed by atoms with Crippen LogP contribution in [-0.4, -0.2) is 17.0 Å². The second-order valence-electron chi connectivity index (χ2n) is 3.71. The first-order valence-corrected chi connectivity index (χ1v) is 6.24. The smallest absolute Gasteiger partial charge is 0.266 e. The summed E-state index contributed by atoms with van der Waals surface area (Å²) in [6.07, 6.45) is 1.43. The minimum Gasteiger partial charge on any atom is -0.354 e. The molecule has 0 saturated carbocycles. The zero-order chi connectivity index (χ0) is 12.3. The second-order valence-corrected chi connectivity index (χ2v) is 4.79. The molecule has 0 aliphatic rings. The number of halogens is 1. The Morgan fingerprint density at radius 1 is 1.35 bits per heavy atom. The first-order chi connectivity index (χ1) is 8.18. The van der Waals surface area contributed by atoms with E-state index in [0.29, 0.717) is 9.39 Å².